The van der Waals surface area contributed by atoms with E-state index in [-0.39, 0.29) is 18.0 Å². The Hall–Kier alpha value is -1.30. The molecule has 24 heavy (non-hydrogen) atoms. The van der Waals surface area contributed by atoms with Crippen molar-refractivity contribution in [2.45, 2.75) is 64.7 Å². The van der Waals surface area contributed by atoms with Gasteiger partial charge in [0.2, 0.25) is 0 Å². The van der Waals surface area contributed by atoms with Gasteiger partial charge in [-0.15, -0.1) is 0 Å². The molecule has 0 aromatic rings. The zero-order valence-corrected chi connectivity index (χ0v) is 15.4. The topological polar surface area (TPSA) is 83.0 Å². The van der Waals surface area contributed by atoms with Gasteiger partial charge >= 0.3 is 5.97 Å². The molecular formula is C18H35N3O3. The van der Waals surface area contributed by atoms with E-state index in [1.807, 2.05) is 0 Å². The molecule has 0 unspecified atom stereocenters. The lowest BCUT2D eigenvalue weighted by Crippen LogP contribution is -2.39. The number of aliphatic hydroxyl groups excluding tert-OH is 1. The number of rotatable bonds is 10. The molecule has 0 saturated heterocycles. The Balaban J connectivity index is 2.43. The third-order valence-electron chi connectivity index (χ3n) is 4.80. The van der Waals surface area contributed by atoms with Crippen molar-refractivity contribution in [3.05, 3.63) is 0 Å². The molecule has 1 rings (SSSR count). The monoisotopic (exact) mass is 341 g/mol. The van der Waals surface area contributed by atoms with Crippen LogP contribution in [0.2, 0.25) is 0 Å². The number of nitrogens with one attached hydrogen (secondary N) is 2. The predicted molar refractivity (Wildman–Crippen MR) is 97.1 cm³/mol. The molecule has 1 aliphatic carbocycles. The number of unbranched alkanes of at least 4 members (excludes halogenated alkanes) is 1. The van der Waals surface area contributed by atoms with Gasteiger partial charge in [0.05, 0.1) is 7.11 Å². The van der Waals surface area contributed by atoms with Crippen molar-refractivity contribution in [2.75, 3.05) is 33.4 Å². The maximum atomic E-state index is 11.1. The summed E-state index contributed by atoms with van der Waals surface area (Å²) in [5, 5.41) is 16.0. The number of hydrogen-bond donors (Lipinski definition) is 3. The molecule has 0 atom stereocenters. The molecule has 140 valence electrons. The number of esters is 1. The Labute approximate surface area is 146 Å². The van der Waals surface area contributed by atoms with Gasteiger partial charge in [-0.1, -0.05) is 19.3 Å². The third kappa shape index (κ3) is 7.99. The first-order chi connectivity index (χ1) is 11.7. The number of guanidine groups is 1. The highest BCUT2D eigenvalue weighted by Gasteiger charge is 2.31. The van der Waals surface area contributed by atoms with Crippen molar-refractivity contribution >= 4 is 11.9 Å². The zero-order chi connectivity index (χ0) is 17.7. The predicted octanol–water partition coefficient (Wildman–Crippen LogP) is 2.22. The first-order valence-corrected chi connectivity index (χ1v) is 9.35. The molecule has 0 aliphatic heterocycles. The van der Waals surface area contributed by atoms with E-state index in [0.29, 0.717) is 6.42 Å². The van der Waals surface area contributed by atoms with Crippen LogP contribution in [0.5, 0.6) is 0 Å². The molecule has 0 radical (unpaired) electrons. The Morgan fingerprint density at radius 3 is 2.58 bits per heavy atom. The summed E-state index contributed by atoms with van der Waals surface area (Å²) in [7, 11) is 1.42. The van der Waals surface area contributed by atoms with Gasteiger partial charge in [-0.3, -0.25) is 9.79 Å². The van der Waals surface area contributed by atoms with Crippen molar-refractivity contribution in [3.8, 4) is 0 Å². The highest BCUT2D eigenvalue weighted by atomic mass is 16.5. The number of aliphatic imine (C=N–C) groups is 1. The number of methoxy groups -OCH3 is 1. The van der Waals surface area contributed by atoms with Gasteiger partial charge in [0.25, 0.3) is 0 Å². The quantitative estimate of drug-likeness (QED) is 0.246. The largest absolute Gasteiger partial charge is 0.469 e. The van der Waals surface area contributed by atoms with Crippen molar-refractivity contribution in [3.63, 3.8) is 0 Å². The fourth-order valence-electron chi connectivity index (χ4n) is 3.32. The van der Waals surface area contributed by atoms with E-state index in [1.165, 1.54) is 26.4 Å². The number of nitrogens with zero attached hydrogens (tertiary/aromatic N) is 1. The fourth-order valence-corrected chi connectivity index (χ4v) is 3.32. The first kappa shape index (κ1) is 20.7. The molecule has 0 bridgehead atoms. The molecule has 0 amide bonds. The molecule has 0 aromatic carbocycles. The minimum Gasteiger partial charge on any atom is -0.469 e. The smallest absolute Gasteiger partial charge is 0.305 e. The van der Waals surface area contributed by atoms with Crippen LogP contribution in [0.25, 0.3) is 0 Å². The molecule has 1 saturated carbocycles. The average Bonchev–Trinajstić information content (AvgIpc) is 2.60. The van der Waals surface area contributed by atoms with E-state index in [4.69, 9.17) is 4.99 Å². The maximum Gasteiger partial charge on any atom is 0.305 e. The van der Waals surface area contributed by atoms with E-state index in [0.717, 1.165) is 57.7 Å². The van der Waals surface area contributed by atoms with Gasteiger partial charge in [0, 0.05) is 32.7 Å². The van der Waals surface area contributed by atoms with Crippen LogP contribution in [0, 0.1) is 5.41 Å². The van der Waals surface area contributed by atoms with E-state index >= 15 is 0 Å². The van der Waals surface area contributed by atoms with E-state index in [1.54, 1.807) is 0 Å². The molecule has 1 fully saturated rings. The third-order valence-corrected chi connectivity index (χ3v) is 4.80. The van der Waals surface area contributed by atoms with Crippen molar-refractivity contribution in [1.82, 2.24) is 10.6 Å². The number of carbonyl (C=O) groups excluding carboxylic acids is 1. The highest BCUT2D eigenvalue weighted by molar-refractivity contribution is 5.79. The maximum absolute atomic E-state index is 11.1. The Kier molecular flexibility index (Phi) is 10.5. The molecule has 0 heterocycles. The summed E-state index contributed by atoms with van der Waals surface area (Å²) in [5.41, 5.74) is 0.167. The molecule has 1 aliphatic rings. The zero-order valence-electron chi connectivity index (χ0n) is 15.4. The average molecular weight is 341 g/mol. The van der Waals surface area contributed by atoms with Crippen LogP contribution in [0.15, 0.2) is 4.99 Å². The lowest BCUT2D eigenvalue weighted by atomic mass is 9.72. The molecule has 0 spiro atoms. The molecule has 3 N–H and O–H groups in total. The van der Waals surface area contributed by atoms with Gasteiger partial charge in [-0.05, 0) is 44.4 Å². The summed E-state index contributed by atoms with van der Waals surface area (Å²) in [6.07, 6.45) is 9.13. The van der Waals surface area contributed by atoms with Crippen LogP contribution in [0.1, 0.15) is 64.7 Å². The summed E-state index contributed by atoms with van der Waals surface area (Å²) in [6, 6.07) is 0. The minimum absolute atomic E-state index is 0.154. The summed E-state index contributed by atoms with van der Waals surface area (Å²) in [4.78, 5) is 15.9. The van der Waals surface area contributed by atoms with Crippen molar-refractivity contribution < 1.29 is 14.6 Å². The van der Waals surface area contributed by atoms with Crippen molar-refractivity contribution in [1.29, 1.82) is 0 Å². The van der Waals surface area contributed by atoms with Gasteiger partial charge in [0.1, 0.15) is 0 Å². The van der Waals surface area contributed by atoms with Gasteiger partial charge in [-0.2, -0.15) is 0 Å². The minimum atomic E-state index is -0.154. The summed E-state index contributed by atoms with van der Waals surface area (Å²) >= 11 is 0. The number of aliphatic hydroxyl groups is 1. The van der Waals surface area contributed by atoms with Crippen LogP contribution in [-0.2, 0) is 9.53 Å². The van der Waals surface area contributed by atoms with Crippen LogP contribution in [0.3, 0.4) is 0 Å². The first-order valence-electron chi connectivity index (χ1n) is 9.35. The second kappa shape index (κ2) is 12.1. The molecule has 6 heteroatoms. The van der Waals surface area contributed by atoms with Gasteiger partial charge in [-0.25, -0.2) is 0 Å². The standard InChI is InChI=1S/C18H35N3O3/c1-3-19-17(20-13-8-5-9-16(23)24-2)21-15-18(12-14-22)10-6-4-7-11-18/h22H,3-15H2,1-2H3,(H2,19,20,21). The normalized spacial score (nSPS) is 17.4. The van der Waals surface area contributed by atoms with E-state index in [9.17, 15) is 9.90 Å². The van der Waals surface area contributed by atoms with Crippen LogP contribution in [0.4, 0.5) is 0 Å². The fraction of sp³-hybridized carbons (Fsp3) is 0.889. The summed E-state index contributed by atoms with van der Waals surface area (Å²) in [6.45, 7) is 4.67. The SMILES string of the molecule is CCNC(=NCC1(CCO)CCCCC1)NCCCCC(=O)OC. The second-order valence-corrected chi connectivity index (χ2v) is 6.69. The lowest BCUT2D eigenvalue weighted by molar-refractivity contribution is -0.140. The van der Waals surface area contributed by atoms with Crippen LogP contribution in [-0.4, -0.2) is 50.4 Å². The van der Waals surface area contributed by atoms with Crippen molar-refractivity contribution in [2.24, 2.45) is 10.4 Å². The Bertz CT molecular complexity index is 374. The van der Waals surface area contributed by atoms with E-state index in [2.05, 4.69) is 22.3 Å². The van der Waals surface area contributed by atoms with Crippen LogP contribution < -0.4 is 10.6 Å². The Morgan fingerprint density at radius 2 is 1.96 bits per heavy atom. The highest BCUT2D eigenvalue weighted by Crippen LogP contribution is 2.39. The second-order valence-electron chi connectivity index (χ2n) is 6.69. The van der Waals surface area contributed by atoms with Gasteiger partial charge in [0.15, 0.2) is 5.96 Å². The number of carbonyl (C=O) groups is 1. The molecular weight excluding hydrogens is 306 g/mol. The Morgan fingerprint density at radius 1 is 1.21 bits per heavy atom. The number of hydrogen-bond acceptors (Lipinski definition) is 4. The number of ether oxygens (including phenoxy) is 1. The van der Waals surface area contributed by atoms with Gasteiger partial charge < -0.3 is 20.5 Å². The summed E-state index contributed by atoms with van der Waals surface area (Å²) < 4.78 is 4.64. The molecule has 0 aromatic heterocycles. The van der Waals surface area contributed by atoms with Crippen LogP contribution >= 0.6 is 0 Å². The lowest BCUT2D eigenvalue weighted by Gasteiger charge is -2.35. The molecule has 6 nitrogen and oxygen atoms in total. The summed E-state index contributed by atoms with van der Waals surface area (Å²) in [5.74, 6) is 0.678. The van der Waals surface area contributed by atoms with E-state index < -0.39 is 0 Å².